The molecule has 0 unspecified atom stereocenters. The highest BCUT2D eigenvalue weighted by atomic mass is 16.1. The van der Waals surface area contributed by atoms with Crippen LogP contribution < -0.4 is 5.32 Å². The maximum atomic E-state index is 11.3. The molecular weight excluding hydrogens is 178 g/mol. The van der Waals surface area contributed by atoms with Gasteiger partial charge in [0.15, 0.2) is 0 Å². The molecule has 1 amide bonds. The van der Waals surface area contributed by atoms with E-state index in [1.807, 2.05) is 0 Å². The number of hydrogen-bond donors (Lipinski definition) is 1. The molecular formula is C11H19NO2. The van der Waals surface area contributed by atoms with Gasteiger partial charge in [-0.15, -0.1) is 0 Å². The van der Waals surface area contributed by atoms with Crippen LogP contribution in [0.25, 0.3) is 0 Å². The van der Waals surface area contributed by atoms with Gasteiger partial charge in [-0.2, -0.15) is 0 Å². The Hall–Kier alpha value is -0.860. The summed E-state index contributed by atoms with van der Waals surface area (Å²) < 4.78 is 0. The first kappa shape index (κ1) is 11.2. The fraction of sp³-hybridized carbons (Fsp3) is 0.818. The van der Waals surface area contributed by atoms with Crippen molar-refractivity contribution in [2.75, 3.05) is 6.54 Å². The van der Waals surface area contributed by atoms with E-state index in [1.165, 1.54) is 12.8 Å². The SMILES string of the molecule is CC1(CCC(=O)NCCCC=O)CC1. The molecule has 0 aliphatic heterocycles. The predicted molar refractivity (Wildman–Crippen MR) is 54.9 cm³/mol. The maximum Gasteiger partial charge on any atom is 0.220 e. The minimum absolute atomic E-state index is 0.129. The molecule has 3 heteroatoms. The number of carbonyl (C=O) groups excluding carboxylic acids is 2. The lowest BCUT2D eigenvalue weighted by molar-refractivity contribution is -0.121. The highest BCUT2D eigenvalue weighted by Crippen LogP contribution is 2.48. The minimum Gasteiger partial charge on any atom is -0.356 e. The molecule has 1 N–H and O–H groups in total. The highest BCUT2D eigenvalue weighted by Gasteiger charge is 2.36. The van der Waals surface area contributed by atoms with Crippen LogP contribution in [-0.2, 0) is 9.59 Å². The number of aldehydes is 1. The van der Waals surface area contributed by atoms with Gasteiger partial charge in [0.25, 0.3) is 0 Å². The Labute approximate surface area is 85.3 Å². The average molecular weight is 197 g/mol. The van der Waals surface area contributed by atoms with E-state index >= 15 is 0 Å². The summed E-state index contributed by atoms with van der Waals surface area (Å²) in [7, 11) is 0. The van der Waals surface area contributed by atoms with Crippen molar-refractivity contribution < 1.29 is 9.59 Å². The van der Waals surface area contributed by atoms with Crippen molar-refractivity contribution in [3.05, 3.63) is 0 Å². The van der Waals surface area contributed by atoms with Crippen LogP contribution in [0.2, 0.25) is 0 Å². The maximum absolute atomic E-state index is 11.3. The molecule has 0 radical (unpaired) electrons. The molecule has 0 aromatic carbocycles. The zero-order valence-corrected chi connectivity index (χ0v) is 8.84. The highest BCUT2D eigenvalue weighted by molar-refractivity contribution is 5.75. The molecule has 0 heterocycles. The lowest BCUT2D eigenvalue weighted by atomic mass is 10.0. The lowest BCUT2D eigenvalue weighted by Crippen LogP contribution is -2.24. The molecule has 14 heavy (non-hydrogen) atoms. The van der Waals surface area contributed by atoms with Crippen molar-refractivity contribution in [2.45, 2.75) is 45.4 Å². The average Bonchev–Trinajstić information content (AvgIpc) is 2.89. The molecule has 0 aromatic heterocycles. The molecule has 1 aliphatic rings. The number of unbranched alkanes of at least 4 members (excludes halogenated alkanes) is 1. The molecule has 80 valence electrons. The topological polar surface area (TPSA) is 46.2 Å². The third kappa shape index (κ3) is 4.40. The van der Waals surface area contributed by atoms with Gasteiger partial charge in [-0.25, -0.2) is 0 Å². The van der Waals surface area contributed by atoms with Crippen LogP contribution in [0.5, 0.6) is 0 Å². The first-order valence-electron chi connectivity index (χ1n) is 5.37. The van der Waals surface area contributed by atoms with Gasteiger partial charge in [-0.05, 0) is 31.1 Å². The molecule has 1 fully saturated rings. The van der Waals surface area contributed by atoms with Gasteiger partial charge in [0, 0.05) is 19.4 Å². The van der Waals surface area contributed by atoms with Crippen LogP contribution in [0.1, 0.15) is 45.4 Å². The van der Waals surface area contributed by atoms with Gasteiger partial charge in [-0.3, -0.25) is 4.79 Å². The molecule has 0 atom stereocenters. The van der Waals surface area contributed by atoms with E-state index in [-0.39, 0.29) is 5.91 Å². The fourth-order valence-corrected chi connectivity index (χ4v) is 1.38. The van der Waals surface area contributed by atoms with Gasteiger partial charge >= 0.3 is 0 Å². The van der Waals surface area contributed by atoms with Gasteiger partial charge in [0.1, 0.15) is 6.29 Å². The van der Waals surface area contributed by atoms with E-state index in [4.69, 9.17) is 0 Å². The Morgan fingerprint density at radius 1 is 1.50 bits per heavy atom. The summed E-state index contributed by atoms with van der Waals surface area (Å²) in [4.78, 5) is 21.3. The number of carbonyl (C=O) groups is 2. The zero-order chi connectivity index (χ0) is 10.4. The molecule has 3 nitrogen and oxygen atoms in total. The molecule has 0 aromatic rings. The van der Waals surface area contributed by atoms with Crippen LogP contribution in [-0.4, -0.2) is 18.7 Å². The van der Waals surface area contributed by atoms with E-state index in [0.717, 1.165) is 19.1 Å². The molecule has 0 saturated heterocycles. The minimum atomic E-state index is 0.129. The Morgan fingerprint density at radius 2 is 2.21 bits per heavy atom. The second-order valence-electron chi connectivity index (χ2n) is 4.47. The van der Waals surface area contributed by atoms with Crippen LogP contribution in [0.4, 0.5) is 0 Å². The number of nitrogens with one attached hydrogen (secondary N) is 1. The summed E-state index contributed by atoms with van der Waals surface area (Å²) in [5.74, 6) is 0.129. The van der Waals surface area contributed by atoms with Crippen LogP contribution in [0.15, 0.2) is 0 Å². The van der Waals surface area contributed by atoms with Crippen molar-refractivity contribution in [1.82, 2.24) is 5.32 Å². The summed E-state index contributed by atoms with van der Waals surface area (Å²) in [5.41, 5.74) is 0.458. The third-order valence-corrected chi connectivity index (χ3v) is 2.88. The van der Waals surface area contributed by atoms with E-state index in [1.54, 1.807) is 0 Å². The summed E-state index contributed by atoms with van der Waals surface area (Å²) >= 11 is 0. The van der Waals surface area contributed by atoms with Gasteiger partial charge in [0.2, 0.25) is 5.91 Å². The lowest BCUT2D eigenvalue weighted by Gasteiger charge is -2.07. The summed E-state index contributed by atoms with van der Waals surface area (Å²) in [6.45, 7) is 2.86. The van der Waals surface area contributed by atoms with Crippen LogP contribution >= 0.6 is 0 Å². The van der Waals surface area contributed by atoms with Crippen molar-refractivity contribution in [3.8, 4) is 0 Å². The second kappa shape index (κ2) is 5.13. The van der Waals surface area contributed by atoms with Crippen molar-refractivity contribution >= 4 is 12.2 Å². The largest absolute Gasteiger partial charge is 0.356 e. The molecule has 1 aliphatic carbocycles. The number of rotatable bonds is 7. The summed E-state index contributed by atoms with van der Waals surface area (Å²) in [6.07, 6.45) is 6.36. The Balaban J connectivity index is 1.96. The Morgan fingerprint density at radius 3 is 2.79 bits per heavy atom. The van der Waals surface area contributed by atoms with E-state index in [9.17, 15) is 9.59 Å². The van der Waals surface area contributed by atoms with E-state index < -0.39 is 0 Å². The third-order valence-electron chi connectivity index (χ3n) is 2.88. The van der Waals surface area contributed by atoms with Crippen molar-refractivity contribution in [3.63, 3.8) is 0 Å². The first-order chi connectivity index (χ1) is 6.66. The molecule has 1 rings (SSSR count). The Kier molecular flexibility index (Phi) is 4.11. The zero-order valence-electron chi connectivity index (χ0n) is 8.84. The quantitative estimate of drug-likeness (QED) is 0.498. The normalized spacial score (nSPS) is 17.5. The number of amides is 1. The first-order valence-corrected chi connectivity index (χ1v) is 5.37. The number of hydrogen-bond acceptors (Lipinski definition) is 2. The van der Waals surface area contributed by atoms with Crippen LogP contribution in [0.3, 0.4) is 0 Å². The smallest absolute Gasteiger partial charge is 0.220 e. The summed E-state index contributed by atoms with van der Waals surface area (Å²) in [6, 6.07) is 0. The molecule has 0 bridgehead atoms. The summed E-state index contributed by atoms with van der Waals surface area (Å²) in [5, 5.41) is 2.82. The standard InChI is InChI=1S/C11H19NO2/c1-11(6-7-11)5-4-10(14)12-8-2-3-9-13/h9H,2-8H2,1H3,(H,12,14). The molecule has 0 spiro atoms. The van der Waals surface area contributed by atoms with Crippen LogP contribution in [0, 0.1) is 5.41 Å². The van der Waals surface area contributed by atoms with Gasteiger partial charge in [0.05, 0.1) is 0 Å². The molecule has 1 saturated carbocycles. The Bertz CT molecular complexity index is 209. The van der Waals surface area contributed by atoms with Crippen molar-refractivity contribution in [2.24, 2.45) is 5.41 Å². The van der Waals surface area contributed by atoms with Crippen molar-refractivity contribution in [1.29, 1.82) is 0 Å². The second-order valence-corrected chi connectivity index (χ2v) is 4.47. The van der Waals surface area contributed by atoms with Gasteiger partial charge in [-0.1, -0.05) is 6.92 Å². The van der Waals surface area contributed by atoms with E-state index in [2.05, 4.69) is 12.2 Å². The van der Waals surface area contributed by atoms with Gasteiger partial charge < -0.3 is 10.1 Å². The monoisotopic (exact) mass is 197 g/mol. The fourth-order valence-electron chi connectivity index (χ4n) is 1.38. The van der Waals surface area contributed by atoms with E-state index in [0.29, 0.717) is 24.8 Å². The predicted octanol–water partition coefficient (Wildman–Crippen LogP) is 1.66.